The zero-order valence-electron chi connectivity index (χ0n) is 42.1. The molecule has 360 valence electrons. The van der Waals surface area contributed by atoms with Gasteiger partial charge in [-0.3, -0.25) is 0 Å². The van der Waals surface area contributed by atoms with E-state index >= 15 is 0 Å². The van der Waals surface area contributed by atoms with Crippen LogP contribution in [-0.2, 0) is 29.1 Å². The van der Waals surface area contributed by atoms with Crippen LogP contribution >= 0.6 is 0 Å². The zero-order chi connectivity index (χ0) is 43.9. The zero-order valence-corrected chi connectivity index (χ0v) is 45.1. The van der Waals surface area contributed by atoms with Crippen LogP contribution in [0.2, 0.25) is 0 Å². The van der Waals surface area contributed by atoms with Crippen molar-refractivity contribution in [2.75, 3.05) is 0 Å². The van der Waals surface area contributed by atoms with Crippen molar-refractivity contribution in [3.8, 4) is 0 Å². The van der Waals surface area contributed by atoms with Gasteiger partial charge in [-0.15, -0.1) is 0 Å². The van der Waals surface area contributed by atoms with Crippen molar-refractivity contribution >= 4 is 11.9 Å². The van der Waals surface area contributed by atoms with Crippen molar-refractivity contribution in [1.29, 1.82) is 0 Å². The molecule has 0 aromatic heterocycles. The van der Waals surface area contributed by atoms with Crippen LogP contribution in [0.5, 0.6) is 0 Å². The molecule has 0 bridgehead atoms. The summed E-state index contributed by atoms with van der Waals surface area (Å²) in [5.41, 5.74) is 0. The molecule has 0 unspecified atom stereocenters. The van der Waals surface area contributed by atoms with E-state index < -0.39 is 11.9 Å². The van der Waals surface area contributed by atoms with E-state index in [4.69, 9.17) is 0 Å². The summed E-state index contributed by atoms with van der Waals surface area (Å²) >= 11 is 0. The normalized spacial score (nSPS) is 11.0. The molecule has 0 aliphatic carbocycles. The molecule has 5 heteroatoms. The monoisotopic (exact) mass is 911 g/mol. The van der Waals surface area contributed by atoms with Crippen LogP contribution in [-0.4, -0.2) is 11.9 Å². The molecule has 0 aromatic rings. The molecule has 61 heavy (non-hydrogen) atoms. The van der Waals surface area contributed by atoms with E-state index in [0.29, 0.717) is 0 Å². The quantitative estimate of drug-likeness (QED) is 0.0450. The summed E-state index contributed by atoms with van der Waals surface area (Å²) in [5.74, 6) is -1.80. The van der Waals surface area contributed by atoms with Crippen LogP contribution in [0.15, 0.2) is 0 Å². The Kier molecular flexibility index (Phi) is 65.5. The number of carbonyl (C=O) groups is 2. The molecule has 0 heterocycles. The van der Waals surface area contributed by atoms with Gasteiger partial charge >= 0.3 is 19.5 Å². The Morgan fingerprint density at radius 1 is 0.213 bits per heavy atom. The molecule has 0 aliphatic rings. The van der Waals surface area contributed by atoms with Gasteiger partial charge in [0.05, 0.1) is 0 Å². The third-order valence-corrected chi connectivity index (χ3v) is 13.0. The van der Waals surface area contributed by atoms with E-state index in [0.717, 1.165) is 25.7 Å². The Labute approximate surface area is 397 Å². The number of hydrogen-bond acceptors (Lipinski definition) is 4. The summed E-state index contributed by atoms with van der Waals surface area (Å²) in [6.45, 7) is 4.59. The Bertz CT molecular complexity index is 725. The molecule has 0 radical (unpaired) electrons. The van der Waals surface area contributed by atoms with Crippen LogP contribution in [0.4, 0.5) is 0 Å². The number of hydrogen-bond donors (Lipinski definition) is 0. The summed E-state index contributed by atoms with van der Waals surface area (Å²) in [4.78, 5) is 20.6. The van der Waals surface area contributed by atoms with Gasteiger partial charge in [-0.05, 0) is 25.7 Å². The number of carboxylic acids is 2. The molecule has 0 aliphatic heterocycles. The maximum atomic E-state index is 10.3. The molecule has 0 saturated carbocycles. The van der Waals surface area contributed by atoms with Gasteiger partial charge in [0.25, 0.3) is 0 Å². The first kappa shape index (κ1) is 64.8. The Morgan fingerprint density at radius 2 is 0.311 bits per heavy atom. The molecule has 0 amide bonds. The van der Waals surface area contributed by atoms with E-state index in [1.807, 2.05) is 0 Å². The largest absolute Gasteiger partial charge is 2.00 e. The van der Waals surface area contributed by atoms with Gasteiger partial charge in [0.1, 0.15) is 0 Å². The number of carbonyl (C=O) groups excluding carboxylic acids is 2. The minimum atomic E-state index is -0.899. The van der Waals surface area contributed by atoms with Crippen molar-refractivity contribution in [2.45, 2.75) is 348 Å². The molecule has 0 N–H and O–H groups in total. The van der Waals surface area contributed by atoms with E-state index in [2.05, 4.69) is 13.8 Å². The maximum absolute atomic E-state index is 10.3. The first-order chi connectivity index (χ1) is 29.5. The second-order valence-corrected chi connectivity index (χ2v) is 19.2. The number of rotatable bonds is 52. The summed E-state index contributed by atoms with van der Waals surface area (Å²) in [6, 6.07) is 0. The Hall–Kier alpha value is -0.437. The molecule has 0 fully saturated rings. The van der Waals surface area contributed by atoms with Gasteiger partial charge in [0.15, 0.2) is 0 Å². The molecule has 0 spiro atoms. The fourth-order valence-electron chi connectivity index (χ4n) is 8.82. The summed E-state index contributed by atoms with van der Waals surface area (Å²) in [6.07, 6.45) is 69.3. The third kappa shape index (κ3) is 68.8. The van der Waals surface area contributed by atoms with E-state index in [1.165, 1.54) is 295 Å². The standard InChI is InChI=1S/2C28H56O2.Zn/c2*1-2-3-4-5-6-7-8-9-10-11-12-13-14-15-16-17-18-19-20-21-22-23-24-25-26-27-28(29)30;/h2*2-27H2,1H3,(H,29,30);/q;;+2/p-2. The Morgan fingerprint density at radius 3 is 0.410 bits per heavy atom. The van der Waals surface area contributed by atoms with E-state index in [-0.39, 0.29) is 32.3 Å². The predicted molar refractivity (Wildman–Crippen MR) is 261 cm³/mol. The van der Waals surface area contributed by atoms with Crippen LogP contribution < -0.4 is 10.2 Å². The summed E-state index contributed by atoms with van der Waals surface area (Å²) in [5, 5.41) is 20.6. The smallest absolute Gasteiger partial charge is 0.550 e. The summed E-state index contributed by atoms with van der Waals surface area (Å²) in [7, 11) is 0. The second-order valence-electron chi connectivity index (χ2n) is 19.2. The Balaban J connectivity index is -0.00000109. The van der Waals surface area contributed by atoms with Crippen LogP contribution in [0.25, 0.3) is 0 Å². The predicted octanol–water partition coefficient (Wildman–Crippen LogP) is 17.8. The van der Waals surface area contributed by atoms with Crippen molar-refractivity contribution in [3.05, 3.63) is 0 Å². The third-order valence-electron chi connectivity index (χ3n) is 13.0. The first-order valence-electron chi connectivity index (χ1n) is 27.9. The number of aliphatic carboxylic acids is 2. The molecule has 0 aromatic carbocycles. The van der Waals surface area contributed by atoms with E-state index in [1.54, 1.807) is 0 Å². The number of carboxylic acid groups (broad SMARTS) is 2. The van der Waals surface area contributed by atoms with E-state index in [9.17, 15) is 19.8 Å². The molecular weight excluding hydrogens is 802 g/mol. The van der Waals surface area contributed by atoms with Crippen molar-refractivity contribution in [3.63, 3.8) is 0 Å². The van der Waals surface area contributed by atoms with Crippen LogP contribution in [0.3, 0.4) is 0 Å². The van der Waals surface area contributed by atoms with Gasteiger partial charge in [-0.2, -0.15) is 0 Å². The SMILES string of the molecule is CCCCCCCCCCCCCCCCCCCCCCCCCCCC(=O)[O-].CCCCCCCCCCCCCCCCCCCCCCCCCCCC(=O)[O-].[Zn+2]. The van der Waals surface area contributed by atoms with Crippen LogP contribution in [0.1, 0.15) is 348 Å². The van der Waals surface area contributed by atoms with Crippen molar-refractivity contribution in [1.82, 2.24) is 0 Å². The number of unbranched alkanes of at least 4 members (excludes halogenated alkanes) is 48. The minimum absolute atomic E-state index is 0. The first-order valence-corrected chi connectivity index (χ1v) is 27.9. The van der Waals surface area contributed by atoms with Crippen LogP contribution in [0, 0.1) is 0 Å². The molecular formula is C56H110O4Zn. The fourth-order valence-corrected chi connectivity index (χ4v) is 8.82. The average Bonchev–Trinajstić information content (AvgIpc) is 3.23. The van der Waals surface area contributed by atoms with Crippen molar-refractivity contribution in [2.24, 2.45) is 0 Å². The minimum Gasteiger partial charge on any atom is -0.550 e. The summed E-state index contributed by atoms with van der Waals surface area (Å²) < 4.78 is 0. The molecule has 4 nitrogen and oxygen atoms in total. The van der Waals surface area contributed by atoms with Crippen molar-refractivity contribution < 1.29 is 39.3 Å². The second kappa shape index (κ2) is 61.7. The van der Waals surface area contributed by atoms with Gasteiger partial charge < -0.3 is 19.8 Å². The fraction of sp³-hybridized carbons (Fsp3) is 0.964. The average molecular weight is 913 g/mol. The molecule has 0 saturated heterocycles. The van der Waals surface area contributed by atoms with Gasteiger partial charge in [-0.1, -0.05) is 322 Å². The molecule has 0 rings (SSSR count). The van der Waals surface area contributed by atoms with Gasteiger partial charge in [-0.25, -0.2) is 0 Å². The molecule has 0 atom stereocenters. The topological polar surface area (TPSA) is 80.3 Å². The maximum Gasteiger partial charge on any atom is 2.00 e. The van der Waals surface area contributed by atoms with Gasteiger partial charge in [0.2, 0.25) is 0 Å². The van der Waals surface area contributed by atoms with Gasteiger partial charge in [0, 0.05) is 11.9 Å².